The van der Waals surface area contributed by atoms with Gasteiger partial charge < -0.3 is 10.2 Å². The van der Waals surface area contributed by atoms with Gasteiger partial charge in [0.2, 0.25) is 5.91 Å². The molecule has 2 aliphatic heterocycles. The number of pyridine rings is 1. The van der Waals surface area contributed by atoms with Crippen LogP contribution in [0.25, 0.3) is 0 Å². The first kappa shape index (κ1) is 13.2. The number of aromatic nitrogens is 1. The van der Waals surface area contributed by atoms with Gasteiger partial charge in [-0.25, -0.2) is 4.98 Å². The average molecular weight is 345 g/mol. The number of hydrogen-bond acceptors (Lipinski definition) is 3. The molecule has 1 aromatic rings. The lowest BCUT2D eigenvalue weighted by atomic mass is 9.85. The Bertz CT molecular complexity index is 511. The molecule has 0 saturated carbocycles. The van der Waals surface area contributed by atoms with Crippen molar-refractivity contribution < 1.29 is 4.79 Å². The van der Waals surface area contributed by atoms with Crippen molar-refractivity contribution in [3.63, 3.8) is 0 Å². The van der Waals surface area contributed by atoms with Gasteiger partial charge in [0, 0.05) is 36.2 Å². The molecule has 2 unspecified atom stereocenters. The van der Waals surface area contributed by atoms with E-state index in [0.29, 0.717) is 23.4 Å². The Hall–Kier alpha value is -0.810. The van der Waals surface area contributed by atoms with Crippen molar-refractivity contribution in [2.75, 3.05) is 18.0 Å². The second-order valence-electron chi connectivity index (χ2n) is 5.17. The molecule has 0 bridgehead atoms. The van der Waals surface area contributed by atoms with Crippen molar-refractivity contribution in [3.8, 4) is 0 Å². The largest absolute Gasteiger partial charge is 0.355 e. The molecule has 19 heavy (non-hydrogen) atoms. The van der Waals surface area contributed by atoms with Crippen LogP contribution in [0.2, 0.25) is 5.02 Å². The molecule has 0 aliphatic carbocycles. The molecular formula is C13H15BrClN3O. The first-order valence-electron chi connectivity index (χ1n) is 6.49. The van der Waals surface area contributed by atoms with Crippen LogP contribution in [0.5, 0.6) is 0 Å². The normalized spacial score (nSPS) is 26.8. The van der Waals surface area contributed by atoms with Crippen LogP contribution in [-0.4, -0.2) is 30.0 Å². The van der Waals surface area contributed by atoms with Gasteiger partial charge in [0.1, 0.15) is 5.82 Å². The van der Waals surface area contributed by atoms with Gasteiger partial charge in [-0.15, -0.1) is 0 Å². The minimum atomic E-state index is 0.189. The third kappa shape index (κ3) is 2.72. The maximum absolute atomic E-state index is 11.4. The van der Waals surface area contributed by atoms with Gasteiger partial charge in [0.15, 0.2) is 0 Å². The molecule has 1 N–H and O–H groups in total. The van der Waals surface area contributed by atoms with Crippen LogP contribution >= 0.6 is 27.5 Å². The van der Waals surface area contributed by atoms with Crippen molar-refractivity contribution in [1.29, 1.82) is 0 Å². The molecule has 1 amide bonds. The Labute approximate surface area is 125 Å². The quantitative estimate of drug-likeness (QED) is 0.852. The van der Waals surface area contributed by atoms with Gasteiger partial charge in [-0.2, -0.15) is 0 Å². The number of nitrogens with zero attached hydrogens (tertiary/aromatic N) is 2. The Balaban J connectivity index is 1.76. The lowest BCUT2D eigenvalue weighted by molar-refractivity contribution is -0.124. The number of carbonyl (C=O) groups excluding carboxylic acids is 1. The van der Waals surface area contributed by atoms with E-state index in [4.69, 9.17) is 11.6 Å². The number of anilines is 1. The van der Waals surface area contributed by atoms with Crippen LogP contribution in [0.4, 0.5) is 5.82 Å². The summed E-state index contributed by atoms with van der Waals surface area (Å²) in [7, 11) is 0. The van der Waals surface area contributed by atoms with Gasteiger partial charge in [-0.1, -0.05) is 11.6 Å². The summed E-state index contributed by atoms with van der Waals surface area (Å²) < 4.78 is 0.890. The number of halogens is 2. The van der Waals surface area contributed by atoms with E-state index in [0.717, 1.165) is 36.2 Å². The van der Waals surface area contributed by atoms with Crippen LogP contribution in [0, 0.1) is 5.92 Å². The smallest absolute Gasteiger partial charge is 0.220 e. The highest BCUT2D eigenvalue weighted by molar-refractivity contribution is 9.10. The van der Waals surface area contributed by atoms with Crippen molar-refractivity contribution in [3.05, 3.63) is 21.8 Å². The van der Waals surface area contributed by atoms with Crippen molar-refractivity contribution in [1.82, 2.24) is 10.3 Å². The summed E-state index contributed by atoms with van der Waals surface area (Å²) in [5.41, 5.74) is 0. The Kier molecular flexibility index (Phi) is 3.67. The van der Waals surface area contributed by atoms with E-state index in [1.54, 1.807) is 6.20 Å². The van der Waals surface area contributed by atoms with E-state index in [1.807, 2.05) is 6.07 Å². The van der Waals surface area contributed by atoms with E-state index in [1.165, 1.54) is 0 Å². The summed E-state index contributed by atoms with van der Waals surface area (Å²) in [4.78, 5) is 18.0. The molecule has 1 aromatic heterocycles. The monoisotopic (exact) mass is 343 g/mol. The van der Waals surface area contributed by atoms with E-state index >= 15 is 0 Å². The van der Waals surface area contributed by atoms with Gasteiger partial charge in [-0.05, 0) is 40.8 Å². The predicted molar refractivity (Wildman–Crippen MR) is 78.4 cm³/mol. The van der Waals surface area contributed by atoms with Crippen molar-refractivity contribution in [2.45, 2.75) is 25.3 Å². The van der Waals surface area contributed by atoms with Gasteiger partial charge >= 0.3 is 0 Å². The first-order valence-corrected chi connectivity index (χ1v) is 7.66. The van der Waals surface area contributed by atoms with Crippen LogP contribution in [0.1, 0.15) is 19.3 Å². The topological polar surface area (TPSA) is 45.2 Å². The highest BCUT2D eigenvalue weighted by atomic mass is 79.9. The zero-order chi connectivity index (χ0) is 13.4. The fourth-order valence-electron chi connectivity index (χ4n) is 2.94. The molecule has 0 spiro atoms. The molecule has 0 aromatic carbocycles. The van der Waals surface area contributed by atoms with E-state index in [-0.39, 0.29) is 5.91 Å². The first-order chi connectivity index (χ1) is 9.13. The lowest BCUT2D eigenvalue weighted by Gasteiger charge is -2.42. The van der Waals surface area contributed by atoms with Crippen LogP contribution in [0.15, 0.2) is 16.7 Å². The minimum Gasteiger partial charge on any atom is -0.355 e. The van der Waals surface area contributed by atoms with Crippen molar-refractivity contribution in [2.24, 2.45) is 5.92 Å². The number of rotatable bonds is 1. The second-order valence-corrected chi connectivity index (χ2v) is 6.49. The van der Waals surface area contributed by atoms with E-state index < -0.39 is 0 Å². The molecule has 102 valence electrons. The summed E-state index contributed by atoms with van der Waals surface area (Å²) in [6.45, 7) is 1.80. The van der Waals surface area contributed by atoms with Crippen molar-refractivity contribution >= 4 is 39.3 Å². The Morgan fingerprint density at radius 2 is 2.32 bits per heavy atom. The number of carbonyl (C=O) groups is 1. The summed E-state index contributed by atoms with van der Waals surface area (Å²) in [5.74, 6) is 1.54. The summed E-state index contributed by atoms with van der Waals surface area (Å²) >= 11 is 9.63. The average Bonchev–Trinajstić information content (AvgIpc) is 2.38. The Morgan fingerprint density at radius 1 is 1.47 bits per heavy atom. The molecular weight excluding hydrogens is 330 g/mol. The standard InChI is InChI=1S/C13H15BrClN3O/c14-9-5-10(15)13(16-6-9)18-4-3-11-8(7-18)1-2-12(19)17-11/h5-6,8,11H,1-4,7H2,(H,17,19). The lowest BCUT2D eigenvalue weighted by Crippen LogP contribution is -2.54. The molecule has 4 nitrogen and oxygen atoms in total. The summed E-state index contributed by atoms with van der Waals surface area (Å²) in [5, 5.41) is 3.76. The molecule has 2 saturated heterocycles. The highest BCUT2D eigenvalue weighted by Crippen LogP contribution is 2.32. The maximum Gasteiger partial charge on any atom is 0.220 e. The number of piperidine rings is 2. The number of amides is 1. The fraction of sp³-hybridized carbons (Fsp3) is 0.538. The molecule has 6 heteroatoms. The van der Waals surface area contributed by atoms with E-state index in [2.05, 4.69) is 31.1 Å². The van der Waals surface area contributed by atoms with Crippen LogP contribution in [0.3, 0.4) is 0 Å². The SMILES string of the molecule is O=C1CCC2CN(c3ncc(Br)cc3Cl)CCC2N1. The number of fused-ring (bicyclic) bond motifs is 1. The summed E-state index contributed by atoms with van der Waals surface area (Å²) in [6, 6.07) is 2.20. The third-order valence-electron chi connectivity index (χ3n) is 3.91. The van der Waals surface area contributed by atoms with E-state index in [9.17, 15) is 4.79 Å². The molecule has 2 fully saturated rings. The second kappa shape index (κ2) is 5.29. The Morgan fingerprint density at radius 3 is 3.11 bits per heavy atom. The van der Waals surface area contributed by atoms with Crippen LogP contribution in [-0.2, 0) is 4.79 Å². The molecule has 3 rings (SSSR count). The maximum atomic E-state index is 11.4. The van der Waals surface area contributed by atoms with Gasteiger partial charge in [-0.3, -0.25) is 4.79 Å². The number of hydrogen-bond donors (Lipinski definition) is 1. The molecule has 2 aliphatic rings. The summed E-state index contributed by atoms with van der Waals surface area (Å²) in [6.07, 6.45) is 4.33. The predicted octanol–water partition coefficient (Wildman–Crippen LogP) is 2.60. The molecule has 2 atom stereocenters. The third-order valence-corrected chi connectivity index (χ3v) is 4.62. The number of nitrogens with one attached hydrogen (secondary N) is 1. The molecule has 3 heterocycles. The van der Waals surface area contributed by atoms with Gasteiger partial charge in [0.25, 0.3) is 0 Å². The minimum absolute atomic E-state index is 0.189. The highest BCUT2D eigenvalue weighted by Gasteiger charge is 2.34. The van der Waals surface area contributed by atoms with Gasteiger partial charge in [0.05, 0.1) is 5.02 Å². The molecule has 0 radical (unpaired) electrons. The van der Waals surface area contributed by atoms with Crippen LogP contribution < -0.4 is 10.2 Å². The fourth-order valence-corrected chi connectivity index (χ4v) is 3.69. The zero-order valence-electron chi connectivity index (χ0n) is 10.4. The zero-order valence-corrected chi connectivity index (χ0v) is 12.7.